The van der Waals surface area contributed by atoms with Gasteiger partial charge in [-0.1, -0.05) is 0 Å². The number of hydrogen-bond donors (Lipinski definition) is 1. The van der Waals surface area contributed by atoms with E-state index in [2.05, 4.69) is 5.32 Å². The number of hydrogen-bond acceptors (Lipinski definition) is 2. The number of rotatable bonds is 3. The van der Waals surface area contributed by atoms with Gasteiger partial charge in [0.2, 0.25) is 0 Å². The van der Waals surface area contributed by atoms with Crippen LogP contribution in [0.1, 0.15) is 11.6 Å². The van der Waals surface area contributed by atoms with Crippen molar-refractivity contribution in [2.75, 3.05) is 26.2 Å². The zero-order valence-corrected chi connectivity index (χ0v) is 9.67. The Balaban J connectivity index is 2.28. The first kappa shape index (κ1) is 13.3. The molecule has 6 heteroatoms. The van der Waals surface area contributed by atoms with Crippen molar-refractivity contribution in [3.63, 3.8) is 0 Å². The highest BCUT2D eigenvalue weighted by molar-refractivity contribution is 5.22. The fraction of sp³-hybridized carbons (Fsp3) is 0.500. The van der Waals surface area contributed by atoms with Gasteiger partial charge in [-0.15, -0.1) is 0 Å². The lowest BCUT2D eigenvalue weighted by atomic mass is 10.0. The molecule has 1 N–H and O–H groups in total. The molecule has 0 aliphatic carbocycles. The van der Waals surface area contributed by atoms with E-state index in [-0.39, 0.29) is 5.56 Å². The smallest absolute Gasteiger partial charge is 0.258 e. The Morgan fingerprint density at radius 1 is 1.00 bits per heavy atom. The molecule has 1 fully saturated rings. The second kappa shape index (κ2) is 5.67. The van der Waals surface area contributed by atoms with E-state index >= 15 is 0 Å². The van der Waals surface area contributed by atoms with Crippen LogP contribution in [0.15, 0.2) is 18.2 Å². The van der Waals surface area contributed by atoms with Gasteiger partial charge in [0.25, 0.3) is 6.43 Å². The summed E-state index contributed by atoms with van der Waals surface area (Å²) in [5.41, 5.74) is -0.00981. The summed E-state index contributed by atoms with van der Waals surface area (Å²) in [5, 5.41) is 3.05. The minimum atomic E-state index is -2.68. The lowest BCUT2D eigenvalue weighted by Crippen LogP contribution is -2.46. The summed E-state index contributed by atoms with van der Waals surface area (Å²) in [6.07, 6.45) is -2.68. The van der Waals surface area contributed by atoms with Gasteiger partial charge in [-0.25, -0.2) is 17.6 Å². The van der Waals surface area contributed by atoms with E-state index in [1.165, 1.54) is 0 Å². The topological polar surface area (TPSA) is 15.3 Å². The lowest BCUT2D eigenvalue weighted by Gasteiger charge is -2.34. The number of alkyl halides is 2. The number of nitrogens with one attached hydrogen (secondary N) is 1. The number of piperazine rings is 1. The largest absolute Gasteiger partial charge is 0.314 e. The third kappa shape index (κ3) is 3.00. The molecule has 0 spiro atoms. The minimum Gasteiger partial charge on any atom is -0.314 e. The van der Waals surface area contributed by atoms with Gasteiger partial charge in [-0.3, -0.25) is 4.90 Å². The normalized spacial score (nSPS) is 19.2. The van der Waals surface area contributed by atoms with Crippen LogP contribution in [0.25, 0.3) is 0 Å². The molecule has 0 unspecified atom stereocenters. The van der Waals surface area contributed by atoms with Crippen LogP contribution in [0.5, 0.6) is 0 Å². The van der Waals surface area contributed by atoms with Crippen molar-refractivity contribution in [3.05, 3.63) is 35.4 Å². The molecule has 1 atom stereocenters. The van der Waals surface area contributed by atoms with Crippen molar-refractivity contribution < 1.29 is 17.6 Å². The van der Waals surface area contributed by atoms with Crippen molar-refractivity contribution in [2.24, 2.45) is 0 Å². The zero-order valence-electron chi connectivity index (χ0n) is 9.67. The molecule has 18 heavy (non-hydrogen) atoms. The van der Waals surface area contributed by atoms with E-state index in [1.807, 2.05) is 0 Å². The maximum absolute atomic E-state index is 13.1. The monoisotopic (exact) mass is 262 g/mol. The maximum atomic E-state index is 13.1. The Kier molecular flexibility index (Phi) is 4.19. The predicted molar refractivity (Wildman–Crippen MR) is 59.5 cm³/mol. The van der Waals surface area contributed by atoms with Gasteiger partial charge in [0.1, 0.15) is 11.6 Å². The van der Waals surface area contributed by atoms with E-state index in [0.717, 1.165) is 12.1 Å². The molecule has 0 aromatic heterocycles. The Labute approximate surface area is 103 Å². The molecule has 0 bridgehead atoms. The Morgan fingerprint density at radius 2 is 1.56 bits per heavy atom. The standard InChI is InChI=1S/C12H14F4N2/c13-9-5-8(6-10(14)7-9)11(12(15)16)18-3-1-17-2-4-18/h5-7,11-12,17H,1-4H2/t11-/m0/s1. The lowest BCUT2D eigenvalue weighted by molar-refractivity contribution is 0.0179. The Morgan fingerprint density at radius 3 is 2.06 bits per heavy atom. The first-order valence-corrected chi connectivity index (χ1v) is 5.77. The van der Waals surface area contributed by atoms with Gasteiger partial charge in [0.05, 0.1) is 6.04 Å². The van der Waals surface area contributed by atoms with E-state index < -0.39 is 24.1 Å². The molecule has 1 heterocycles. The van der Waals surface area contributed by atoms with Gasteiger partial charge in [-0.2, -0.15) is 0 Å². The van der Waals surface area contributed by atoms with Crippen LogP contribution in [0.2, 0.25) is 0 Å². The average molecular weight is 262 g/mol. The summed E-state index contributed by atoms with van der Waals surface area (Å²) >= 11 is 0. The number of nitrogens with zero attached hydrogens (tertiary/aromatic N) is 1. The molecule has 1 aromatic carbocycles. The van der Waals surface area contributed by atoms with Crippen molar-refractivity contribution in [1.82, 2.24) is 10.2 Å². The van der Waals surface area contributed by atoms with Crippen LogP contribution in [0, 0.1) is 11.6 Å². The summed E-state index contributed by atoms with van der Waals surface area (Å²) in [5.74, 6) is -1.66. The van der Waals surface area contributed by atoms with Crippen molar-refractivity contribution >= 4 is 0 Å². The van der Waals surface area contributed by atoms with E-state index in [9.17, 15) is 17.6 Å². The number of benzene rings is 1. The molecule has 0 saturated carbocycles. The molecular formula is C12H14F4N2. The first-order chi connectivity index (χ1) is 8.58. The van der Waals surface area contributed by atoms with E-state index in [0.29, 0.717) is 32.2 Å². The van der Waals surface area contributed by atoms with Crippen molar-refractivity contribution in [3.8, 4) is 0 Å². The minimum absolute atomic E-state index is 0.00981. The van der Waals surface area contributed by atoms with Crippen molar-refractivity contribution in [1.29, 1.82) is 0 Å². The predicted octanol–water partition coefficient (Wildman–Crippen LogP) is 2.18. The molecular weight excluding hydrogens is 248 g/mol. The van der Waals surface area contributed by atoms with E-state index in [4.69, 9.17) is 0 Å². The van der Waals surface area contributed by atoms with Crippen molar-refractivity contribution in [2.45, 2.75) is 12.5 Å². The summed E-state index contributed by atoms with van der Waals surface area (Å²) in [6.45, 7) is 2.07. The molecule has 100 valence electrons. The molecule has 1 saturated heterocycles. The highest BCUT2D eigenvalue weighted by atomic mass is 19.3. The Bertz CT molecular complexity index is 385. The summed E-state index contributed by atoms with van der Waals surface area (Å²) < 4.78 is 52.5. The second-order valence-electron chi connectivity index (χ2n) is 4.27. The second-order valence-corrected chi connectivity index (χ2v) is 4.27. The SMILES string of the molecule is Fc1cc(F)cc([C@@H](C(F)F)N2CCNCC2)c1. The van der Waals surface area contributed by atoms with Crippen LogP contribution in [0.4, 0.5) is 17.6 Å². The van der Waals surface area contributed by atoms with Crippen LogP contribution in [-0.4, -0.2) is 37.5 Å². The molecule has 1 aromatic rings. The first-order valence-electron chi connectivity index (χ1n) is 5.77. The zero-order chi connectivity index (χ0) is 13.1. The molecule has 2 rings (SSSR count). The highest BCUT2D eigenvalue weighted by Gasteiger charge is 2.30. The molecule has 2 nitrogen and oxygen atoms in total. The molecule has 0 amide bonds. The van der Waals surface area contributed by atoms with E-state index in [1.54, 1.807) is 4.90 Å². The summed E-state index contributed by atoms with van der Waals surface area (Å²) in [6, 6.07) is 1.38. The highest BCUT2D eigenvalue weighted by Crippen LogP contribution is 2.28. The van der Waals surface area contributed by atoms with Crippen LogP contribution >= 0.6 is 0 Å². The number of halogens is 4. The van der Waals surface area contributed by atoms with Gasteiger partial charge in [0, 0.05) is 32.2 Å². The molecule has 0 radical (unpaired) electrons. The maximum Gasteiger partial charge on any atom is 0.258 e. The summed E-state index contributed by atoms with van der Waals surface area (Å²) in [4.78, 5) is 1.55. The van der Waals surface area contributed by atoms with Crippen LogP contribution in [-0.2, 0) is 0 Å². The molecule has 1 aliphatic heterocycles. The van der Waals surface area contributed by atoms with Crippen LogP contribution < -0.4 is 5.32 Å². The van der Waals surface area contributed by atoms with Crippen LogP contribution in [0.3, 0.4) is 0 Å². The quantitative estimate of drug-likeness (QED) is 0.840. The van der Waals surface area contributed by atoms with Gasteiger partial charge in [0.15, 0.2) is 0 Å². The third-order valence-electron chi connectivity index (χ3n) is 3.01. The third-order valence-corrected chi connectivity index (χ3v) is 3.01. The van der Waals surface area contributed by atoms with Gasteiger partial charge >= 0.3 is 0 Å². The fourth-order valence-electron chi connectivity index (χ4n) is 2.22. The average Bonchev–Trinajstić information content (AvgIpc) is 2.28. The fourth-order valence-corrected chi connectivity index (χ4v) is 2.22. The van der Waals surface area contributed by atoms with Gasteiger partial charge in [-0.05, 0) is 17.7 Å². The molecule has 1 aliphatic rings. The van der Waals surface area contributed by atoms with Gasteiger partial charge < -0.3 is 5.32 Å². The Hall–Kier alpha value is -1.14. The summed E-state index contributed by atoms with van der Waals surface area (Å²) in [7, 11) is 0.